The van der Waals surface area contributed by atoms with Crippen molar-refractivity contribution in [3.8, 4) is 0 Å². The van der Waals surface area contributed by atoms with E-state index in [9.17, 15) is 14.7 Å². The van der Waals surface area contributed by atoms with Gasteiger partial charge in [0, 0.05) is 19.7 Å². The highest BCUT2D eigenvalue weighted by atomic mass is 16.5. The zero-order chi connectivity index (χ0) is 13.9. The van der Waals surface area contributed by atoms with E-state index < -0.39 is 11.5 Å². The third-order valence-electron chi connectivity index (χ3n) is 4.10. The van der Waals surface area contributed by atoms with Crippen LogP contribution in [0.2, 0.25) is 0 Å². The lowest BCUT2D eigenvalue weighted by atomic mass is 9.89. The molecular formula is C13H22N2O4. The summed E-state index contributed by atoms with van der Waals surface area (Å²) in [5.74, 6) is -0.931. The summed E-state index contributed by atoms with van der Waals surface area (Å²) in [6, 6.07) is -0.292. The van der Waals surface area contributed by atoms with E-state index in [1.807, 2.05) is 0 Å². The van der Waals surface area contributed by atoms with Gasteiger partial charge in [0.15, 0.2) is 0 Å². The summed E-state index contributed by atoms with van der Waals surface area (Å²) < 4.78 is 5.44. The third-order valence-corrected chi connectivity index (χ3v) is 4.10. The molecule has 2 rings (SSSR count). The number of hydrogen-bond acceptors (Lipinski definition) is 3. The predicted molar refractivity (Wildman–Crippen MR) is 69.0 cm³/mol. The fourth-order valence-corrected chi connectivity index (χ4v) is 2.77. The van der Waals surface area contributed by atoms with Crippen molar-refractivity contribution < 1.29 is 19.4 Å². The average molecular weight is 270 g/mol. The number of carbonyl (C=O) groups is 2. The van der Waals surface area contributed by atoms with Crippen LogP contribution in [0.1, 0.15) is 39.0 Å². The fraction of sp³-hybridized carbons (Fsp3) is 0.846. The second kappa shape index (κ2) is 5.77. The molecule has 0 aromatic heterocycles. The lowest BCUT2D eigenvalue weighted by molar-refractivity contribution is -0.150. The second-order valence-electron chi connectivity index (χ2n) is 5.51. The molecule has 0 spiro atoms. The number of carboxylic acid groups (broad SMARTS) is 1. The number of rotatable bonds is 3. The van der Waals surface area contributed by atoms with Crippen LogP contribution in [0.15, 0.2) is 0 Å². The van der Waals surface area contributed by atoms with Gasteiger partial charge in [0.25, 0.3) is 0 Å². The molecule has 0 aromatic rings. The molecule has 2 unspecified atom stereocenters. The Kier molecular flexibility index (Phi) is 4.29. The van der Waals surface area contributed by atoms with Gasteiger partial charge in [-0.05, 0) is 39.0 Å². The fourth-order valence-electron chi connectivity index (χ4n) is 2.77. The Morgan fingerprint density at radius 2 is 2.21 bits per heavy atom. The first kappa shape index (κ1) is 14.1. The van der Waals surface area contributed by atoms with Crippen LogP contribution in [-0.4, -0.2) is 53.3 Å². The molecule has 2 N–H and O–H groups in total. The van der Waals surface area contributed by atoms with Crippen LogP contribution in [0.3, 0.4) is 0 Å². The predicted octanol–water partition coefficient (Wildman–Crippen LogP) is 1.20. The molecule has 0 aromatic carbocycles. The van der Waals surface area contributed by atoms with E-state index in [-0.39, 0.29) is 12.1 Å². The van der Waals surface area contributed by atoms with Crippen LogP contribution in [0.25, 0.3) is 0 Å². The monoisotopic (exact) mass is 270 g/mol. The number of piperidine rings is 1. The van der Waals surface area contributed by atoms with Gasteiger partial charge in [-0.15, -0.1) is 0 Å². The molecular weight excluding hydrogens is 248 g/mol. The summed E-state index contributed by atoms with van der Waals surface area (Å²) in [5.41, 5.74) is -1.08. The summed E-state index contributed by atoms with van der Waals surface area (Å²) in [6.07, 6.45) is 4.27. The number of ether oxygens (including phenoxy) is 1. The number of urea groups is 1. The SMILES string of the molecule is CC1(C(=O)O)CCCCN1C(=O)NCC1CCCO1. The summed E-state index contributed by atoms with van der Waals surface area (Å²) in [6.45, 7) is 3.34. The molecule has 0 radical (unpaired) electrons. The molecule has 2 aliphatic heterocycles. The van der Waals surface area contributed by atoms with E-state index in [1.165, 1.54) is 4.90 Å². The molecule has 2 saturated heterocycles. The maximum Gasteiger partial charge on any atom is 0.329 e. The highest BCUT2D eigenvalue weighted by Gasteiger charge is 2.44. The van der Waals surface area contributed by atoms with Crippen molar-refractivity contribution in [3.63, 3.8) is 0 Å². The number of aliphatic carboxylic acids is 1. The number of nitrogens with one attached hydrogen (secondary N) is 1. The first-order chi connectivity index (χ1) is 9.04. The lowest BCUT2D eigenvalue weighted by Gasteiger charge is -2.41. The van der Waals surface area contributed by atoms with Crippen molar-refractivity contribution in [2.75, 3.05) is 19.7 Å². The topological polar surface area (TPSA) is 78.9 Å². The van der Waals surface area contributed by atoms with Gasteiger partial charge in [0.1, 0.15) is 5.54 Å². The van der Waals surface area contributed by atoms with Gasteiger partial charge < -0.3 is 20.1 Å². The van der Waals surface area contributed by atoms with Gasteiger partial charge in [-0.3, -0.25) is 0 Å². The molecule has 2 heterocycles. The quantitative estimate of drug-likeness (QED) is 0.807. The summed E-state index contributed by atoms with van der Waals surface area (Å²) in [4.78, 5) is 25.0. The van der Waals surface area contributed by atoms with Crippen molar-refractivity contribution in [2.24, 2.45) is 0 Å². The van der Waals surface area contributed by atoms with Crippen LogP contribution < -0.4 is 5.32 Å². The molecule has 0 aliphatic carbocycles. The van der Waals surface area contributed by atoms with E-state index in [0.717, 1.165) is 32.3 Å². The number of carbonyl (C=O) groups excluding carboxylic acids is 1. The smallest absolute Gasteiger partial charge is 0.329 e. The van der Waals surface area contributed by atoms with Crippen molar-refractivity contribution in [2.45, 2.75) is 50.7 Å². The Labute approximate surface area is 113 Å². The number of likely N-dealkylation sites (tertiary alicyclic amines) is 1. The maximum absolute atomic E-state index is 12.2. The van der Waals surface area contributed by atoms with Gasteiger partial charge >= 0.3 is 12.0 Å². The first-order valence-electron chi connectivity index (χ1n) is 6.94. The Morgan fingerprint density at radius 1 is 1.42 bits per heavy atom. The minimum Gasteiger partial charge on any atom is -0.480 e. The van der Waals surface area contributed by atoms with Crippen LogP contribution in [-0.2, 0) is 9.53 Å². The molecule has 6 nitrogen and oxygen atoms in total. The molecule has 0 saturated carbocycles. The molecule has 0 bridgehead atoms. The molecule has 19 heavy (non-hydrogen) atoms. The van der Waals surface area contributed by atoms with E-state index in [1.54, 1.807) is 6.92 Å². The van der Waals surface area contributed by atoms with Crippen molar-refractivity contribution >= 4 is 12.0 Å². The van der Waals surface area contributed by atoms with E-state index >= 15 is 0 Å². The van der Waals surface area contributed by atoms with E-state index in [4.69, 9.17) is 4.74 Å². The maximum atomic E-state index is 12.2. The minimum atomic E-state index is -1.08. The van der Waals surface area contributed by atoms with Crippen molar-refractivity contribution in [1.29, 1.82) is 0 Å². The van der Waals surface area contributed by atoms with Crippen LogP contribution >= 0.6 is 0 Å². The highest BCUT2D eigenvalue weighted by molar-refractivity contribution is 5.86. The average Bonchev–Trinajstić information content (AvgIpc) is 2.89. The van der Waals surface area contributed by atoms with Crippen molar-refractivity contribution in [1.82, 2.24) is 10.2 Å². The largest absolute Gasteiger partial charge is 0.480 e. The molecule has 6 heteroatoms. The van der Waals surface area contributed by atoms with Crippen LogP contribution in [0, 0.1) is 0 Å². The van der Waals surface area contributed by atoms with E-state index in [2.05, 4.69) is 5.32 Å². The van der Waals surface area contributed by atoms with Gasteiger partial charge in [-0.1, -0.05) is 0 Å². The number of amides is 2. The second-order valence-corrected chi connectivity index (χ2v) is 5.51. The third kappa shape index (κ3) is 3.00. The summed E-state index contributed by atoms with van der Waals surface area (Å²) in [7, 11) is 0. The normalized spacial score (nSPS) is 31.2. The number of carboxylic acids is 1. The standard InChI is InChI=1S/C13H22N2O4/c1-13(11(16)17)6-2-3-7-15(13)12(18)14-9-10-5-4-8-19-10/h10H,2-9H2,1H3,(H,14,18)(H,16,17). The Bertz CT molecular complexity index is 355. The minimum absolute atomic E-state index is 0.0739. The summed E-state index contributed by atoms with van der Waals surface area (Å²) in [5, 5.41) is 12.2. The number of nitrogens with zero attached hydrogens (tertiary/aromatic N) is 1. The molecule has 108 valence electrons. The zero-order valence-electron chi connectivity index (χ0n) is 11.4. The van der Waals surface area contributed by atoms with Gasteiger partial charge in [-0.2, -0.15) is 0 Å². The Balaban J connectivity index is 1.93. The van der Waals surface area contributed by atoms with Crippen molar-refractivity contribution in [3.05, 3.63) is 0 Å². The van der Waals surface area contributed by atoms with Gasteiger partial charge in [0.2, 0.25) is 0 Å². The molecule has 2 amide bonds. The van der Waals surface area contributed by atoms with Crippen LogP contribution in [0.4, 0.5) is 4.79 Å². The first-order valence-corrected chi connectivity index (χ1v) is 6.94. The summed E-state index contributed by atoms with van der Waals surface area (Å²) >= 11 is 0. The van der Waals surface area contributed by atoms with E-state index in [0.29, 0.717) is 19.5 Å². The van der Waals surface area contributed by atoms with Gasteiger partial charge in [0.05, 0.1) is 6.10 Å². The molecule has 2 aliphatic rings. The van der Waals surface area contributed by atoms with Gasteiger partial charge in [-0.25, -0.2) is 9.59 Å². The molecule has 2 atom stereocenters. The Morgan fingerprint density at radius 3 is 2.84 bits per heavy atom. The lowest BCUT2D eigenvalue weighted by Crippen LogP contribution is -2.60. The highest BCUT2D eigenvalue weighted by Crippen LogP contribution is 2.28. The zero-order valence-corrected chi connectivity index (χ0v) is 11.4. The molecule has 2 fully saturated rings. The Hall–Kier alpha value is -1.30. The number of hydrogen-bond donors (Lipinski definition) is 2. The van der Waals surface area contributed by atoms with Crippen LogP contribution in [0.5, 0.6) is 0 Å².